The molecule has 0 radical (unpaired) electrons. The van der Waals surface area contributed by atoms with E-state index in [9.17, 15) is 4.79 Å². The van der Waals surface area contributed by atoms with Crippen LogP contribution in [0.25, 0.3) is 10.9 Å². The molecular formula is C22H22Cl3N3O. The Bertz CT molecular complexity index is 1110. The van der Waals surface area contributed by atoms with E-state index in [1.54, 1.807) is 6.07 Å². The lowest BCUT2D eigenvalue weighted by Crippen LogP contribution is -2.22. The van der Waals surface area contributed by atoms with Gasteiger partial charge in [-0.15, -0.1) is 0 Å². The first-order valence-corrected chi connectivity index (χ1v) is 10.9. The average Bonchev–Trinajstić information content (AvgIpc) is 3.01. The fourth-order valence-electron chi connectivity index (χ4n) is 4.09. The highest BCUT2D eigenvalue weighted by molar-refractivity contribution is 6.48. The van der Waals surface area contributed by atoms with Gasteiger partial charge in [-0.2, -0.15) is 0 Å². The zero-order valence-corrected chi connectivity index (χ0v) is 18.3. The van der Waals surface area contributed by atoms with Crippen LogP contribution in [-0.4, -0.2) is 18.1 Å². The van der Waals surface area contributed by atoms with Crippen LogP contribution in [-0.2, 0) is 0 Å². The van der Waals surface area contributed by atoms with E-state index in [-0.39, 0.29) is 11.5 Å². The molecule has 1 heterocycles. The van der Waals surface area contributed by atoms with Gasteiger partial charge >= 0.3 is 0 Å². The van der Waals surface area contributed by atoms with Gasteiger partial charge in [-0.05, 0) is 54.6 Å². The molecule has 7 heteroatoms. The molecule has 0 aliphatic heterocycles. The number of anilines is 1. The Morgan fingerprint density at radius 3 is 2.72 bits per heavy atom. The molecule has 4 rings (SSSR count). The van der Waals surface area contributed by atoms with E-state index in [0.29, 0.717) is 26.4 Å². The Morgan fingerprint density at radius 2 is 1.90 bits per heavy atom. The number of nitrogens with one attached hydrogen (secondary N) is 3. The standard InChI is InChI=1S/C22H22Cl3N3O/c1-12-9-17(14-10-15(23)21(24)22(25)20(12)14)26-7-4-8-27-19-11-18(29)13-5-2-3-6-16(13)28-19/h2-3,5-6,10-12,17,26H,4,7-9H2,1H3,(H2,27,28,29). The van der Waals surface area contributed by atoms with Crippen molar-refractivity contribution < 1.29 is 0 Å². The molecule has 1 aliphatic carbocycles. The lowest BCUT2D eigenvalue weighted by Gasteiger charge is -2.15. The highest BCUT2D eigenvalue weighted by Gasteiger charge is 2.31. The minimum Gasteiger partial charge on any atom is -0.371 e. The number of pyridine rings is 1. The maximum atomic E-state index is 12.2. The van der Waals surface area contributed by atoms with Crippen molar-refractivity contribution in [2.75, 3.05) is 18.4 Å². The maximum Gasteiger partial charge on any atom is 0.191 e. The van der Waals surface area contributed by atoms with Crippen LogP contribution in [0.3, 0.4) is 0 Å². The summed E-state index contributed by atoms with van der Waals surface area (Å²) >= 11 is 18.9. The summed E-state index contributed by atoms with van der Waals surface area (Å²) < 4.78 is 0. The number of para-hydroxylation sites is 1. The third-order valence-electron chi connectivity index (χ3n) is 5.49. The summed E-state index contributed by atoms with van der Waals surface area (Å²) in [6.45, 7) is 3.74. The fraction of sp³-hybridized carbons (Fsp3) is 0.318. The molecule has 29 heavy (non-hydrogen) atoms. The average molecular weight is 451 g/mol. The zero-order valence-electron chi connectivity index (χ0n) is 16.0. The van der Waals surface area contributed by atoms with Gasteiger partial charge in [0.25, 0.3) is 0 Å². The molecule has 1 aromatic heterocycles. The summed E-state index contributed by atoms with van der Waals surface area (Å²) in [5, 5.41) is 9.11. The molecule has 0 amide bonds. The van der Waals surface area contributed by atoms with Gasteiger partial charge in [0, 0.05) is 24.0 Å². The highest BCUT2D eigenvalue weighted by atomic mass is 35.5. The second-order valence-corrected chi connectivity index (χ2v) is 8.67. The van der Waals surface area contributed by atoms with Gasteiger partial charge in [0.15, 0.2) is 5.43 Å². The molecule has 0 spiro atoms. The van der Waals surface area contributed by atoms with E-state index in [1.807, 2.05) is 30.3 Å². The number of H-pyrrole nitrogens is 1. The van der Waals surface area contributed by atoms with Crippen LogP contribution in [0.2, 0.25) is 15.1 Å². The SMILES string of the molecule is CC1CC(NCCCNc2cc(=O)c3ccccc3[nH]2)c2cc(Cl)c(Cl)c(Cl)c21. The van der Waals surface area contributed by atoms with E-state index >= 15 is 0 Å². The third-order valence-corrected chi connectivity index (χ3v) is 6.76. The van der Waals surface area contributed by atoms with Crippen molar-refractivity contribution in [3.05, 3.63) is 72.8 Å². The van der Waals surface area contributed by atoms with Gasteiger partial charge in [-0.3, -0.25) is 4.79 Å². The van der Waals surface area contributed by atoms with Crippen molar-refractivity contribution in [3.63, 3.8) is 0 Å². The number of fused-ring (bicyclic) bond motifs is 2. The lowest BCUT2D eigenvalue weighted by molar-refractivity contribution is 0.502. The van der Waals surface area contributed by atoms with Gasteiger partial charge in [-0.25, -0.2) is 0 Å². The lowest BCUT2D eigenvalue weighted by atomic mass is 10.0. The summed E-state index contributed by atoms with van der Waals surface area (Å²) in [6.07, 6.45) is 1.88. The second kappa shape index (κ2) is 8.57. The first-order valence-electron chi connectivity index (χ1n) is 9.72. The van der Waals surface area contributed by atoms with Crippen molar-refractivity contribution >= 4 is 51.5 Å². The molecule has 1 aliphatic rings. The van der Waals surface area contributed by atoms with Crippen LogP contribution >= 0.6 is 34.8 Å². The molecule has 3 N–H and O–H groups in total. The topological polar surface area (TPSA) is 56.9 Å². The Balaban J connectivity index is 1.34. The fourth-order valence-corrected chi connectivity index (χ4v) is 4.90. The van der Waals surface area contributed by atoms with Crippen molar-refractivity contribution in [3.8, 4) is 0 Å². The van der Waals surface area contributed by atoms with Crippen molar-refractivity contribution in [1.29, 1.82) is 0 Å². The quantitative estimate of drug-likeness (QED) is 0.313. The first-order chi connectivity index (χ1) is 14.0. The van der Waals surface area contributed by atoms with E-state index < -0.39 is 0 Å². The van der Waals surface area contributed by atoms with Crippen LogP contribution in [0.15, 0.2) is 41.2 Å². The molecule has 2 atom stereocenters. The monoisotopic (exact) mass is 449 g/mol. The summed E-state index contributed by atoms with van der Waals surface area (Å²) in [4.78, 5) is 15.4. The van der Waals surface area contributed by atoms with Crippen LogP contribution < -0.4 is 16.1 Å². The number of halogens is 3. The summed E-state index contributed by atoms with van der Waals surface area (Å²) in [5.74, 6) is 1.08. The van der Waals surface area contributed by atoms with E-state index in [2.05, 4.69) is 22.5 Å². The van der Waals surface area contributed by atoms with Crippen LogP contribution in [0.1, 0.15) is 42.9 Å². The molecular weight excluding hydrogens is 429 g/mol. The zero-order chi connectivity index (χ0) is 20.5. The number of aromatic nitrogens is 1. The Kier molecular flexibility index (Phi) is 6.07. The molecule has 0 bridgehead atoms. The molecule has 3 aromatic rings. The van der Waals surface area contributed by atoms with Crippen LogP contribution in [0, 0.1) is 0 Å². The molecule has 2 aromatic carbocycles. The van der Waals surface area contributed by atoms with Gasteiger partial charge in [0.05, 0.1) is 20.6 Å². The van der Waals surface area contributed by atoms with E-state index in [4.69, 9.17) is 34.8 Å². The minimum atomic E-state index is 0.0175. The van der Waals surface area contributed by atoms with E-state index in [1.165, 1.54) is 0 Å². The summed E-state index contributed by atoms with van der Waals surface area (Å²) in [6, 6.07) is 11.3. The maximum absolute atomic E-state index is 12.2. The van der Waals surface area contributed by atoms with E-state index in [0.717, 1.165) is 48.4 Å². The van der Waals surface area contributed by atoms with Gasteiger partial charge in [0.2, 0.25) is 0 Å². The number of benzene rings is 2. The van der Waals surface area contributed by atoms with Gasteiger partial charge < -0.3 is 15.6 Å². The smallest absolute Gasteiger partial charge is 0.191 e. The molecule has 0 saturated carbocycles. The van der Waals surface area contributed by atoms with Gasteiger partial charge in [-0.1, -0.05) is 53.9 Å². The number of hydrogen-bond donors (Lipinski definition) is 3. The van der Waals surface area contributed by atoms with Gasteiger partial charge in [0.1, 0.15) is 5.82 Å². The van der Waals surface area contributed by atoms with Crippen molar-refractivity contribution in [1.82, 2.24) is 10.3 Å². The molecule has 2 unspecified atom stereocenters. The number of aromatic amines is 1. The third kappa shape index (κ3) is 4.13. The summed E-state index contributed by atoms with van der Waals surface area (Å²) in [7, 11) is 0. The molecule has 0 fully saturated rings. The Morgan fingerprint density at radius 1 is 1.10 bits per heavy atom. The normalized spacial score (nSPS) is 18.2. The Labute approximate surface area is 184 Å². The molecule has 0 saturated heterocycles. The predicted octanol–water partition coefficient (Wildman–Crippen LogP) is 6.13. The molecule has 152 valence electrons. The van der Waals surface area contributed by atoms with Crippen molar-refractivity contribution in [2.24, 2.45) is 0 Å². The Hall–Kier alpha value is -1.72. The van der Waals surface area contributed by atoms with Crippen LogP contribution in [0.5, 0.6) is 0 Å². The first kappa shape index (κ1) is 20.5. The highest BCUT2D eigenvalue weighted by Crippen LogP contribution is 2.48. The second-order valence-electron chi connectivity index (χ2n) is 7.51. The largest absolute Gasteiger partial charge is 0.371 e. The number of hydrogen-bond acceptors (Lipinski definition) is 3. The summed E-state index contributed by atoms with van der Waals surface area (Å²) in [5.41, 5.74) is 3.10. The van der Waals surface area contributed by atoms with Crippen molar-refractivity contribution in [2.45, 2.75) is 31.7 Å². The predicted molar refractivity (Wildman–Crippen MR) is 123 cm³/mol. The number of rotatable bonds is 6. The minimum absolute atomic E-state index is 0.0175. The molecule has 4 nitrogen and oxygen atoms in total. The van der Waals surface area contributed by atoms with Crippen LogP contribution in [0.4, 0.5) is 5.82 Å².